The zero-order valence-corrected chi connectivity index (χ0v) is 15.5. The molecule has 2 amide bonds. The van der Waals surface area contributed by atoms with Crippen LogP contribution in [0.1, 0.15) is 36.0 Å². The minimum absolute atomic E-state index is 0.0270. The van der Waals surface area contributed by atoms with Crippen molar-refractivity contribution in [2.75, 3.05) is 27.2 Å². The summed E-state index contributed by atoms with van der Waals surface area (Å²) >= 11 is 0. The zero-order valence-electron chi connectivity index (χ0n) is 15.5. The van der Waals surface area contributed by atoms with Crippen molar-refractivity contribution in [3.63, 3.8) is 0 Å². The Morgan fingerprint density at radius 1 is 1.35 bits per heavy atom. The maximum absolute atomic E-state index is 12.6. The Morgan fingerprint density at radius 3 is 2.88 bits per heavy atom. The summed E-state index contributed by atoms with van der Waals surface area (Å²) in [6.45, 7) is 1.51. The number of nitrogens with one attached hydrogen (secondary N) is 2. The molecule has 6 nitrogen and oxygen atoms in total. The number of carbonyl (C=O) groups is 2. The van der Waals surface area contributed by atoms with Crippen LogP contribution in [0.4, 0.5) is 0 Å². The van der Waals surface area contributed by atoms with Crippen molar-refractivity contribution >= 4 is 11.8 Å². The van der Waals surface area contributed by atoms with Crippen molar-refractivity contribution in [3.05, 3.63) is 29.8 Å². The van der Waals surface area contributed by atoms with Gasteiger partial charge in [0.1, 0.15) is 5.75 Å². The summed E-state index contributed by atoms with van der Waals surface area (Å²) in [5.41, 5.74) is -0.0491. The summed E-state index contributed by atoms with van der Waals surface area (Å²) in [5, 5.41) is 6.21. The summed E-state index contributed by atoms with van der Waals surface area (Å²) in [4.78, 5) is 27.3. The molecule has 4 aliphatic rings. The topological polar surface area (TPSA) is 70.7 Å². The van der Waals surface area contributed by atoms with Crippen LogP contribution in [-0.4, -0.2) is 49.6 Å². The van der Waals surface area contributed by atoms with E-state index in [-0.39, 0.29) is 29.6 Å². The third-order valence-corrected chi connectivity index (χ3v) is 6.16. The molecule has 1 aromatic carbocycles. The lowest BCUT2D eigenvalue weighted by Gasteiger charge is -2.55. The van der Waals surface area contributed by atoms with Gasteiger partial charge in [0.2, 0.25) is 5.91 Å². The van der Waals surface area contributed by atoms with Gasteiger partial charge in [0.05, 0.1) is 5.56 Å². The van der Waals surface area contributed by atoms with Crippen LogP contribution in [0.3, 0.4) is 0 Å². The number of hydrogen-bond donors (Lipinski definition) is 2. The second-order valence-electron chi connectivity index (χ2n) is 8.12. The average molecular weight is 357 g/mol. The fourth-order valence-corrected chi connectivity index (χ4v) is 4.81. The normalized spacial score (nSPS) is 32.1. The number of hydrogen-bond acceptors (Lipinski definition) is 4. The van der Waals surface area contributed by atoms with Crippen LogP contribution in [0.2, 0.25) is 0 Å². The molecule has 3 saturated carbocycles. The molecular weight excluding hydrogens is 330 g/mol. The van der Waals surface area contributed by atoms with E-state index in [1.165, 1.54) is 0 Å². The Kier molecular flexibility index (Phi) is 4.39. The van der Waals surface area contributed by atoms with Crippen LogP contribution in [0.25, 0.3) is 0 Å². The van der Waals surface area contributed by atoms with Gasteiger partial charge < -0.3 is 20.3 Å². The molecule has 3 fully saturated rings. The van der Waals surface area contributed by atoms with E-state index in [0.29, 0.717) is 24.3 Å². The number of nitrogens with zero attached hydrogens (tertiary/aromatic N) is 1. The molecule has 140 valence electrons. The number of para-hydroxylation sites is 1. The van der Waals surface area contributed by atoms with Crippen LogP contribution in [0, 0.1) is 17.8 Å². The van der Waals surface area contributed by atoms with Crippen molar-refractivity contribution in [1.29, 1.82) is 0 Å². The number of fused-ring (bicyclic) bond motifs is 3. The quantitative estimate of drug-likeness (QED) is 0.859. The lowest BCUT2D eigenvalue weighted by atomic mass is 9.60. The van der Waals surface area contributed by atoms with Crippen LogP contribution < -0.4 is 15.4 Å². The van der Waals surface area contributed by atoms with Crippen molar-refractivity contribution in [1.82, 2.24) is 15.5 Å². The van der Waals surface area contributed by atoms with E-state index in [2.05, 4.69) is 15.5 Å². The SMILES string of the molecule is CN(C)CCNC(=O)[C@H]1C[C@H]2CC[C@@H]1C[C@@]21NC(=O)c2ccccc2O1. The molecular formula is C20H27N3O3. The van der Waals surface area contributed by atoms with Crippen LogP contribution >= 0.6 is 0 Å². The van der Waals surface area contributed by atoms with E-state index >= 15 is 0 Å². The van der Waals surface area contributed by atoms with E-state index in [9.17, 15) is 9.59 Å². The summed E-state index contributed by atoms with van der Waals surface area (Å²) < 4.78 is 6.34. The Balaban J connectivity index is 1.47. The van der Waals surface area contributed by atoms with E-state index in [4.69, 9.17) is 4.74 Å². The van der Waals surface area contributed by atoms with Crippen molar-refractivity contribution in [3.8, 4) is 5.75 Å². The number of rotatable bonds is 4. The molecule has 2 N–H and O–H groups in total. The number of ether oxygens (including phenoxy) is 1. The maximum Gasteiger partial charge on any atom is 0.258 e. The Hall–Kier alpha value is -2.08. The molecule has 4 atom stereocenters. The highest BCUT2D eigenvalue weighted by molar-refractivity contribution is 5.98. The van der Waals surface area contributed by atoms with Gasteiger partial charge >= 0.3 is 0 Å². The summed E-state index contributed by atoms with van der Waals surface area (Å²) in [6, 6.07) is 7.40. The first kappa shape index (κ1) is 17.3. The van der Waals surface area contributed by atoms with Crippen LogP contribution in [-0.2, 0) is 4.79 Å². The predicted molar refractivity (Wildman–Crippen MR) is 97.8 cm³/mol. The zero-order chi connectivity index (χ0) is 18.3. The molecule has 1 spiro atoms. The maximum atomic E-state index is 12.6. The largest absolute Gasteiger partial charge is 0.467 e. The van der Waals surface area contributed by atoms with Gasteiger partial charge in [-0.25, -0.2) is 0 Å². The highest BCUT2D eigenvalue weighted by Gasteiger charge is 2.57. The lowest BCUT2D eigenvalue weighted by Crippen LogP contribution is -2.67. The van der Waals surface area contributed by atoms with Gasteiger partial charge in [0.25, 0.3) is 5.91 Å². The van der Waals surface area contributed by atoms with E-state index in [1.54, 1.807) is 6.07 Å². The van der Waals surface area contributed by atoms with Gasteiger partial charge in [-0.05, 0) is 51.4 Å². The fourth-order valence-electron chi connectivity index (χ4n) is 4.81. The van der Waals surface area contributed by atoms with Gasteiger partial charge in [0.15, 0.2) is 5.72 Å². The first-order valence-electron chi connectivity index (χ1n) is 9.51. The third kappa shape index (κ3) is 2.96. The average Bonchev–Trinajstić information content (AvgIpc) is 2.61. The second-order valence-corrected chi connectivity index (χ2v) is 8.12. The molecule has 3 aliphatic carbocycles. The van der Waals surface area contributed by atoms with Gasteiger partial charge in [-0.1, -0.05) is 12.1 Å². The third-order valence-electron chi connectivity index (χ3n) is 6.16. The second kappa shape index (κ2) is 6.58. The number of carbonyl (C=O) groups excluding carboxylic acids is 2. The number of benzene rings is 1. The Morgan fingerprint density at radius 2 is 2.15 bits per heavy atom. The Labute approximate surface area is 154 Å². The summed E-state index contributed by atoms with van der Waals surface area (Å²) in [7, 11) is 4.00. The van der Waals surface area contributed by atoms with Gasteiger partial charge in [-0.2, -0.15) is 0 Å². The monoisotopic (exact) mass is 357 g/mol. The summed E-state index contributed by atoms with van der Waals surface area (Å²) in [5.74, 6) is 1.21. The smallest absolute Gasteiger partial charge is 0.258 e. The predicted octanol–water partition coefficient (Wildman–Crippen LogP) is 1.62. The highest BCUT2D eigenvalue weighted by Crippen LogP contribution is 2.52. The summed E-state index contributed by atoms with van der Waals surface area (Å²) in [6.07, 6.45) is 3.51. The van der Waals surface area contributed by atoms with Crippen LogP contribution in [0.15, 0.2) is 24.3 Å². The molecule has 0 saturated heterocycles. The molecule has 5 rings (SSSR count). The van der Waals surface area contributed by atoms with Crippen molar-refractivity contribution < 1.29 is 14.3 Å². The van der Waals surface area contributed by atoms with Crippen molar-refractivity contribution in [2.24, 2.45) is 17.8 Å². The number of amides is 2. The van der Waals surface area contributed by atoms with Gasteiger partial charge in [-0.3, -0.25) is 9.59 Å². The lowest BCUT2D eigenvalue weighted by molar-refractivity contribution is -0.146. The molecule has 0 unspecified atom stereocenters. The molecule has 1 aliphatic heterocycles. The van der Waals surface area contributed by atoms with Crippen LogP contribution in [0.5, 0.6) is 5.75 Å². The molecule has 2 bridgehead atoms. The van der Waals surface area contributed by atoms with E-state index in [1.807, 2.05) is 32.3 Å². The molecule has 0 radical (unpaired) electrons. The number of likely N-dealkylation sites (N-methyl/N-ethyl adjacent to an activating group) is 1. The molecule has 6 heteroatoms. The molecule has 1 heterocycles. The first-order chi connectivity index (χ1) is 12.5. The molecule has 0 aromatic heterocycles. The van der Waals surface area contributed by atoms with Gasteiger partial charge in [-0.15, -0.1) is 0 Å². The standard InChI is InChI=1S/C20H27N3O3/c1-23(2)10-9-21-18(24)16-11-14-8-7-13(16)12-20(14)22-19(25)15-5-3-4-6-17(15)26-20/h3-6,13-14,16H,7-12H2,1-2H3,(H,21,24)(H,22,25)/t13-,14-,16+,20+/m1/s1. The first-order valence-corrected chi connectivity index (χ1v) is 9.51. The molecule has 1 aromatic rings. The highest BCUT2D eigenvalue weighted by atomic mass is 16.5. The minimum Gasteiger partial charge on any atom is -0.467 e. The fraction of sp³-hybridized carbons (Fsp3) is 0.600. The van der Waals surface area contributed by atoms with Gasteiger partial charge in [0, 0.05) is 31.3 Å². The van der Waals surface area contributed by atoms with E-state index in [0.717, 1.165) is 25.8 Å². The van der Waals surface area contributed by atoms with Crippen molar-refractivity contribution in [2.45, 2.75) is 31.4 Å². The minimum atomic E-state index is -0.644. The van der Waals surface area contributed by atoms with E-state index < -0.39 is 5.72 Å². The molecule has 26 heavy (non-hydrogen) atoms. The Bertz CT molecular complexity index is 720.